The third-order valence-corrected chi connectivity index (χ3v) is 3.02. The standard InChI is InChI=1S/C13H15FN4O2/c1-9-12(18(19)20)13(17(2)16-9)15-8-7-10-5-3-4-6-11(10)14/h3-6,15H,7-8H2,1-2H3. The molecule has 1 aromatic carbocycles. The lowest BCUT2D eigenvalue weighted by Gasteiger charge is -2.06. The maximum Gasteiger partial charge on any atom is 0.333 e. The maximum absolute atomic E-state index is 13.5. The molecular formula is C13H15FN4O2. The molecule has 0 spiro atoms. The molecule has 106 valence electrons. The Morgan fingerprint density at radius 2 is 2.15 bits per heavy atom. The van der Waals surface area contributed by atoms with Crippen molar-refractivity contribution in [3.05, 3.63) is 51.5 Å². The molecule has 1 aromatic heterocycles. The van der Waals surface area contributed by atoms with Gasteiger partial charge in [-0.15, -0.1) is 0 Å². The number of aromatic nitrogens is 2. The van der Waals surface area contributed by atoms with Crippen molar-refractivity contribution in [3.8, 4) is 0 Å². The minimum absolute atomic E-state index is 0.0407. The summed E-state index contributed by atoms with van der Waals surface area (Å²) < 4.78 is 14.9. The highest BCUT2D eigenvalue weighted by Gasteiger charge is 2.23. The maximum atomic E-state index is 13.5. The van der Waals surface area contributed by atoms with E-state index in [-0.39, 0.29) is 11.5 Å². The van der Waals surface area contributed by atoms with Crippen LogP contribution in [0.25, 0.3) is 0 Å². The molecular weight excluding hydrogens is 263 g/mol. The highest BCUT2D eigenvalue weighted by Crippen LogP contribution is 2.27. The van der Waals surface area contributed by atoms with Crippen LogP contribution in [0.4, 0.5) is 15.9 Å². The Hall–Kier alpha value is -2.44. The van der Waals surface area contributed by atoms with Crippen molar-refractivity contribution in [2.45, 2.75) is 13.3 Å². The minimum Gasteiger partial charge on any atom is -0.364 e. The Morgan fingerprint density at radius 3 is 2.80 bits per heavy atom. The third-order valence-electron chi connectivity index (χ3n) is 3.02. The third kappa shape index (κ3) is 2.76. The summed E-state index contributed by atoms with van der Waals surface area (Å²) in [6.07, 6.45) is 0.439. The average Bonchev–Trinajstić information content (AvgIpc) is 2.66. The predicted octanol–water partition coefficient (Wildman–Crippen LogP) is 2.43. The van der Waals surface area contributed by atoms with Crippen LogP contribution in [0.1, 0.15) is 11.3 Å². The molecule has 0 saturated heterocycles. The number of halogens is 1. The zero-order valence-electron chi connectivity index (χ0n) is 11.3. The van der Waals surface area contributed by atoms with Crippen molar-refractivity contribution in [2.24, 2.45) is 7.05 Å². The van der Waals surface area contributed by atoms with Gasteiger partial charge in [0.15, 0.2) is 0 Å². The number of rotatable bonds is 5. The summed E-state index contributed by atoms with van der Waals surface area (Å²) in [7, 11) is 1.63. The molecule has 0 bridgehead atoms. The fourth-order valence-electron chi connectivity index (χ4n) is 2.08. The number of nitrogens with one attached hydrogen (secondary N) is 1. The molecule has 6 nitrogen and oxygen atoms in total. The van der Waals surface area contributed by atoms with Crippen LogP contribution in [-0.4, -0.2) is 21.2 Å². The van der Waals surface area contributed by atoms with Crippen LogP contribution >= 0.6 is 0 Å². The lowest BCUT2D eigenvalue weighted by atomic mass is 10.1. The lowest BCUT2D eigenvalue weighted by Crippen LogP contribution is -2.10. The van der Waals surface area contributed by atoms with Gasteiger partial charge in [-0.2, -0.15) is 5.10 Å². The quantitative estimate of drug-likeness (QED) is 0.673. The van der Waals surface area contributed by atoms with E-state index in [2.05, 4.69) is 10.4 Å². The van der Waals surface area contributed by atoms with Gasteiger partial charge in [-0.25, -0.2) is 9.07 Å². The van der Waals surface area contributed by atoms with Gasteiger partial charge in [-0.3, -0.25) is 10.1 Å². The number of aryl methyl sites for hydroxylation is 2. The lowest BCUT2D eigenvalue weighted by molar-refractivity contribution is -0.384. The Bertz CT molecular complexity index is 639. The molecule has 0 aliphatic rings. The Labute approximate surface area is 115 Å². The zero-order valence-corrected chi connectivity index (χ0v) is 11.3. The molecule has 7 heteroatoms. The van der Waals surface area contributed by atoms with Gasteiger partial charge in [0.1, 0.15) is 11.5 Å². The van der Waals surface area contributed by atoms with Crippen LogP contribution in [0.3, 0.4) is 0 Å². The van der Waals surface area contributed by atoms with E-state index in [9.17, 15) is 14.5 Å². The molecule has 2 rings (SSSR count). The monoisotopic (exact) mass is 278 g/mol. The van der Waals surface area contributed by atoms with Crippen LogP contribution in [0.5, 0.6) is 0 Å². The highest BCUT2D eigenvalue weighted by atomic mass is 19.1. The fourth-order valence-corrected chi connectivity index (χ4v) is 2.08. The summed E-state index contributed by atoms with van der Waals surface area (Å²) in [5, 5.41) is 18.0. The summed E-state index contributed by atoms with van der Waals surface area (Å²) in [6.45, 7) is 1.97. The number of anilines is 1. The van der Waals surface area contributed by atoms with E-state index in [0.29, 0.717) is 30.0 Å². The molecule has 0 fully saturated rings. The number of nitrogens with zero attached hydrogens (tertiary/aromatic N) is 3. The number of hydrogen-bond donors (Lipinski definition) is 1. The van der Waals surface area contributed by atoms with Crippen molar-refractivity contribution in [1.29, 1.82) is 0 Å². The van der Waals surface area contributed by atoms with Gasteiger partial charge in [0.2, 0.25) is 5.82 Å². The van der Waals surface area contributed by atoms with Crippen LogP contribution in [0, 0.1) is 22.9 Å². The first-order chi connectivity index (χ1) is 9.50. The van der Waals surface area contributed by atoms with Gasteiger partial charge in [0.25, 0.3) is 0 Å². The average molecular weight is 278 g/mol. The molecule has 0 aliphatic carbocycles. The van der Waals surface area contributed by atoms with Crippen molar-refractivity contribution < 1.29 is 9.31 Å². The molecule has 0 aliphatic heterocycles. The Kier molecular flexibility index (Phi) is 3.97. The second kappa shape index (κ2) is 5.68. The molecule has 0 saturated carbocycles. The summed E-state index contributed by atoms with van der Waals surface area (Å²) in [5.41, 5.74) is 0.883. The van der Waals surface area contributed by atoms with Crippen molar-refractivity contribution in [1.82, 2.24) is 9.78 Å². The first-order valence-corrected chi connectivity index (χ1v) is 6.16. The molecule has 1 heterocycles. The summed E-state index contributed by atoms with van der Waals surface area (Å²) >= 11 is 0. The van der Waals surface area contributed by atoms with Crippen LogP contribution in [-0.2, 0) is 13.5 Å². The largest absolute Gasteiger partial charge is 0.364 e. The van der Waals surface area contributed by atoms with Gasteiger partial charge in [0.05, 0.1) is 4.92 Å². The number of nitro groups is 1. The van der Waals surface area contributed by atoms with E-state index < -0.39 is 4.92 Å². The van der Waals surface area contributed by atoms with Crippen LogP contribution < -0.4 is 5.32 Å². The molecule has 2 aromatic rings. The summed E-state index contributed by atoms with van der Waals surface area (Å²) in [4.78, 5) is 10.5. The smallest absolute Gasteiger partial charge is 0.333 e. The summed E-state index contributed by atoms with van der Waals surface area (Å²) in [5.74, 6) is 0.0637. The van der Waals surface area contributed by atoms with E-state index >= 15 is 0 Å². The SMILES string of the molecule is Cc1nn(C)c(NCCc2ccccc2F)c1[N+](=O)[O-]. The van der Waals surface area contributed by atoms with Gasteiger partial charge in [-0.05, 0) is 25.0 Å². The van der Waals surface area contributed by atoms with E-state index in [1.54, 1.807) is 32.2 Å². The van der Waals surface area contributed by atoms with E-state index in [1.807, 2.05) is 0 Å². The molecule has 0 radical (unpaired) electrons. The van der Waals surface area contributed by atoms with Crippen molar-refractivity contribution in [3.63, 3.8) is 0 Å². The molecule has 0 unspecified atom stereocenters. The highest BCUT2D eigenvalue weighted by molar-refractivity contribution is 5.59. The first kappa shape index (κ1) is 14.0. The molecule has 20 heavy (non-hydrogen) atoms. The van der Waals surface area contributed by atoms with E-state index in [1.165, 1.54) is 10.7 Å². The fraction of sp³-hybridized carbons (Fsp3) is 0.308. The first-order valence-electron chi connectivity index (χ1n) is 6.16. The van der Waals surface area contributed by atoms with Crippen molar-refractivity contribution in [2.75, 3.05) is 11.9 Å². The topological polar surface area (TPSA) is 73.0 Å². The predicted molar refractivity (Wildman–Crippen MR) is 73.2 cm³/mol. The van der Waals surface area contributed by atoms with Gasteiger partial charge in [-0.1, -0.05) is 18.2 Å². The normalized spacial score (nSPS) is 10.6. The Morgan fingerprint density at radius 1 is 1.45 bits per heavy atom. The van der Waals surface area contributed by atoms with E-state index in [0.717, 1.165) is 0 Å². The van der Waals surface area contributed by atoms with Gasteiger partial charge >= 0.3 is 5.69 Å². The molecule has 0 amide bonds. The van der Waals surface area contributed by atoms with Crippen LogP contribution in [0.15, 0.2) is 24.3 Å². The van der Waals surface area contributed by atoms with E-state index in [4.69, 9.17) is 0 Å². The number of hydrogen-bond acceptors (Lipinski definition) is 4. The molecule has 0 atom stereocenters. The minimum atomic E-state index is -0.465. The second-order valence-corrected chi connectivity index (χ2v) is 4.43. The summed E-state index contributed by atoms with van der Waals surface area (Å²) in [6, 6.07) is 6.47. The zero-order chi connectivity index (χ0) is 14.7. The molecule has 1 N–H and O–H groups in total. The van der Waals surface area contributed by atoms with Gasteiger partial charge in [0, 0.05) is 13.6 Å². The second-order valence-electron chi connectivity index (χ2n) is 4.43. The van der Waals surface area contributed by atoms with Gasteiger partial charge < -0.3 is 5.32 Å². The van der Waals surface area contributed by atoms with Crippen molar-refractivity contribution >= 4 is 11.5 Å². The number of benzene rings is 1. The Balaban J connectivity index is 2.09. The van der Waals surface area contributed by atoms with Crippen LogP contribution in [0.2, 0.25) is 0 Å².